The zero-order chi connectivity index (χ0) is 19.2. The van der Waals surface area contributed by atoms with E-state index in [4.69, 9.17) is 4.74 Å². The molecule has 2 aromatic carbocycles. The van der Waals surface area contributed by atoms with Crippen LogP contribution in [-0.4, -0.2) is 12.8 Å². The van der Waals surface area contributed by atoms with E-state index in [9.17, 15) is 18.0 Å². The maximum absolute atomic E-state index is 12.9. The number of esters is 1. The third kappa shape index (κ3) is 5.42. The van der Waals surface area contributed by atoms with Crippen molar-refractivity contribution in [3.05, 3.63) is 77.4 Å². The zero-order valence-electron chi connectivity index (χ0n) is 13.9. The number of hydrogen-bond acceptors (Lipinski definition) is 3. The van der Waals surface area contributed by atoms with Crippen LogP contribution in [0, 0.1) is 18.8 Å². The normalized spacial score (nSPS) is 10.5. The minimum atomic E-state index is -4.41. The Labute approximate surface area is 149 Å². The Kier molecular flexibility index (Phi) is 6.07. The Morgan fingerprint density at radius 3 is 2.35 bits per heavy atom. The van der Waals surface area contributed by atoms with E-state index in [2.05, 4.69) is 23.2 Å². The Morgan fingerprint density at radius 1 is 1.12 bits per heavy atom. The lowest BCUT2D eigenvalue weighted by molar-refractivity contribution is -0.144. The summed E-state index contributed by atoms with van der Waals surface area (Å²) in [5.41, 5.74) is 0.345. The molecule has 0 bridgehead atoms. The number of ether oxygens (including phenoxy) is 2. The first-order valence-electron chi connectivity index (χ1n) is 7.51. The average Bonchev–Trinajstić information content (AvgIpc) is 2.61. The van der Waals surface area contributed by atoms with E-state index in [0.29, 0.717) is 11.3 Å². The minimum Gasteiger partial charge on any atom is -0.457 e. The van der Waals surface area contributed by atoms with Gasteiger partial charge in [0.1, 0.15) is 5.75 Å². The molecule has 26 heavy (non-hydrogen) atoms. The molecule has 0 aliphatic heterocycles. The molecule has 0 heterocycles. The molecule has 0 radical (unpaired) electrons. The summed E-state index contributed by atoms with van der Waals surface area (Å²) in [5.74, 6) is 5.38. The molecule has 0 fully saturated rings. The Balaban J connectivity index is 2.06. The first kappa shape index (κ1) is 19.1. The van der Waals surface area contributed by atoms with Crippen LogP contribution >= 0.6 is 0 Å². The van der Waals surface area contributed by atoms with Crippen LogP contribution in [0.1, 0.15) is 22.3 Å². The number of benzene rings is 2. The van der Waals surface area contributed by atoms with Gasteiger partial charge in [0, 0.05) is 17.2 Å². The highest BCUT2D eigenvalue weighted by Gasteiger charge is 2.32. The predicted octanol–water partition coefficient (Wildman–Crippen LogP) is 4.48. The molecule has 134 valence electrons. The third-order valence-corrected chi connectivity index (χ3v) is 3.34. The van der Waals surface area contributed by atoms with E-state index < -0.39 is 17.7 Å². The molecular weight excluding hydrogens is 345 g/mol. The number of carbonyl (C=O) groups excluding carboxylic acids is 1. The van der Waals surface area contributed by atoms with Crippen LogP contribution < -0.4 is 4.74 Å². The van der Waals surface area contributed by atoms with Crippen molar-refractivity contribution in [1.29, 1.82) is 0 Å². The van der Waals surface area contributed by atoms with E-state index in [1.54, 1.807) is 30.3 Å². The average molecular weight is 360 g/mol. The number of halogens is 3. The minimum absolute atomic E-state index is 0.154. The summed E-state index contributed by atoms with van der Waals surface area (Å²) in [6.45, 7) is 4.42. The first-order chi connectivity index (χ1) is 12.3. The van der Waals surface area contributed by atoms with Gasteiger partial charge in [-0.2, -0.15) is 13.2 Å². The summed E-state index contributed by atoms with van der Waals surface area (Å²) in [6, 6.07) is 10.5. The summed E-state index contributed by atoms with van der Waals surface area (Å²) in [5, 5.41) is 0. The molecule has 0 aliphatic rings. The topological polar surface area (TPSA) is 35.5 Å². The van der Waals surface area contributed by atoms with Gasteiger partial charge in [-0.05, 0) is 48.9 Å². The van der Waals surface area contributed by atoms with Gasteiger partial charge in [-0.25, -0.2) is 4.79 Å². The van der Waals surface area contributed by atoms with Crippen molar-refractivity contribution in [3.63, 3.8) is 0 Å². The van der Waals surface area contributed by atoms with Crippen LogP contribution in [0.5, 0.6) is 5.75 Å². The second-order valence-corrected chi connectivity index (χ2v) is 5.23. The summed E-state index contributed by atoms with van der Waals surface area (Å²) >= 11 is 0. The highest BCUT2D eigenvalue weighted by atomic mass is 19.4. The van der Waals surface area contributed by atoms with Gasteiger partial charge in [0.2, 0.25) is 6.79 Å². The second-order valence-electron chi connectivity index (χ2n) is 5.23. The van der Waals surface area contributed by atoms with Crippen molar-refractivity contribution in [3.8, 4) is 17.6 Å². The molecule has 0 aromatic heterocycles. The van der Waals surface area contributed by atoms with Gasteiger partial charge in [-0.1, -0.05) is 24.5 Å². The summed E-state index contributed by atoms with van der Waals surface area (Å²) in [4.78, 5) is 10.9. The van der Waals surface area contributed by atoms with E-state index >= 15 is 0 Å². The summed E-state index contributed by atoms with van der Waals surface area (Å²) in [7, 11) is 0. The fraction of sp³-hybridized carbons (Fsp3) is 0.150. The van der Waals surface area contributed by atoms with E-state index in [-0.39, 0.29) is 17.9 Å². The lowest BCUT2D eigenvalue weighted by Gasteiger charge is -2.10. The van der Waals surface area contributed by atoms with E-state index in [1.807, 2.05) is 0 Å². The van der Waals surface area contributed by atoms with Gasteiger partial charge >= 0.3 is 12.1 Å². The second kappa shape index (κ2) is 8.26. The highest BCUT2D eigenvalue weighted by Crippen LogP contribution is 2.32. The highest BCUT2D eigenvalue weighted by molar-refractivity contribution is 5.81. The molecule has 2 aromatic rings. The predicted molar refractivity (Wildman–Crippen MR) is 90.4 cm³/mol. The molecule has 0 spiro atoms. The number of rotatable bonds is 4. The fourth-order valence-electron chi connectivity index (χ4n) is 2.00. The number of hydrogen-bond donors (Lipinski definition) is 0. The van der Waals surface area contributed by atoms with Crippen LogP contribution in [0.3, 0.4) is 0 Å². The van der Waals surface area contributed by atoms with Gasteiger partial charge in [-0.15, -0.1) is 0 Å². The molecule has 6 heteroatoms. The van der Waals surface area contributed by atoms with Crippen molar-refractivity contribution in [1.82, 2.24) is 0 Å². The maximum atomic E-state index is 12.9. The first-order valence-corrected chi connectivity index (χ1v) is 7.51. The van der Waals surface area contributed by atoms with E-state index in [0.717, 1.165) is 12.1 Å². The molecule has 0 N–H and O–H groups in total. The summed E-state index contributed by atoms with van der Waals surface area (Å²) < 4.78 is 48.6. The number of carbonyl (C=O) groups is 1. The van der Waals surface area contributed by atoms with Gasteiger partial charge in [0.25, 0.3) is 0 Å². The molecule has 3 nitrogen and oxygen atoms in total. The summed E-state index contributed by atoms with van der Waals surface area (Å²) in [6.07, 6.45) is -3.38. The Morgan fingerprint density at radius 2 is 1.73 bits per heavy atom. The SMILES string of the molecule is C=CC(=O)OCOc1ccc(C#Cc2ccc(C)c(C(F)(F)F)c2)cc1. The number of aryl methyl sites for hydroxylation is 1. The number of alkyl halides is 3. The largest absolute Gasteiger partial charge is 0.457 e. The van der Waals surface area contributed by atoms with Crippen LogP contribution in [0.4, 0.5) is 13.2 Å². The third-order valence-electron chi connectivity index (χ3n) is 3.34. The van der Waals surface area contributed by atoms with E-state index in [1.165, 1.54) is 13.0 Å². The molecule has 0 amide bonds. The molecule has 0 saturated heterocycles. The maximum Gasteiger partial charge on any atom is 0.416 e. The Bertz CT molecular complexity index is 857. The van der Waals surface area contributed by atoms with Gasteiger partial charge < -0.3 is 9.47 Å². The van der Waals surface area contributed by atoms with Gasteiger partial charge in [0.15, 0.2) is 0 Å². The monoisotopic (exact) mass is 360 g/mol. The van der Waals surface area contributed by atoms with Gasteiger partial charge in [0.05, 0.1) is 5.56 Å². The van der Waals surface area contributed by atoms with Crippen LogP contribution in [0.15, 0.2) is 55.1 Å². The fourth-order valence-corrected chi connectivity index (χ4v) is 2.00. The van der Waals surface area contributed by atoms with Crippen LogP contribution in [0.25, 0.3) is 0 Å². The van der Waals surface area contributed by atoms with Gasteiger partial charge in [-0.3, -0.25) is 0 Å². The van der Waals surface area contributed by atoms with Crippen LogP contribution in [0.2, 0.25) is 0 Å². The van der Waals surface area contributed by atoms with Crippen LogP contribution in [-0.2, 0) is 15.7 Å². The molecule has 0 atom stereocenters. The van der Waals surface area contributed by atoms with Crippen molar-refractivity contribution < 1.29 is 27.4 Å². The van der Waals surface area contributed by atoms with Crippen molar-refractivity contribution >= 4 is 5.97 Å². The molecular formula is C20H15F3O3. The van der Waals surface area contributed by atoms with Crippen molar-refractivity contribution in [2.45, 2.75) is 13.1 Å². The Hall–Kier alpha value is -3.20. The lowest BCUT2D eigenvalue weighted by atomic mass is 10.0. The smallest absolute Gasteiger partial charge is 0.416 e. The molecule has 2 rings (SSSR count). The molecule has 0 saturated carbocycles. The lowest BCUT2D eigenvalue weighted by Crippen LogP contribution is -2.07. The zero-order valence-corrected chi connectivity index (χ0v) is 13.9. The van der Waals surface area contributed by atoms with Crippen molar-refractivity contribution in [2.24, 2.45) is 0 Å². The van der Waals surface area contributed by atoms with Crippen molar-refractivity contribution in [2.75, 3.05) is 6.79 Å². The standard InChI is InChI=1S/C20H15F3O3/c1-3-19(24)26-13-25-17-10-8-15(9-11-17)6-7-16-5-4-14(2)18(12-16)20(21,22)23/h3-5,8-12H,1,13H2,2H3. The molecule has 0 aliphatic carbocycles. The quantitative estimate of drug-likeness (QED) is 0.349. The molecule has 0 unspecified atom stereocenters.